The number of aliphatic hydroxyl groups excluding tert-OH is 1. The molecule has 0 aromatic heterocycles. The Kier molecular flexibility index (Phi) is 6.27. The third kappa shape index (κ3) is 5.37. The third-order valence-corrected chi connectivity index (χ3v) is 4.00. The molecule has 0 amide bonds. The Morgan fingerprint density at radius 3 is 2.57 bits per heavy atom. The highest BCUT2D eigenvalue weighted by atomic mass is 16.5. The Bertz CT molecular complexity index is 492. The summed E-state index contributed by atoms with van der Waals surface area (Å²) in [4.78, 5) is 2.20. The van der Waals surface area contributed by atoms with Gasteiger partial charge in [0.25, 0.3) is 0 Å². The van der Waals surface area contributed by atoms with Gasteiger partial charge in [0, 0.05) is 25.2 Å². The molecule has 1 atom stereocenters. The van der Waals surface area contributed by atoms with E-state index in [0.717, 1.165) is 43.4 Å². The molecule has 130 valence electrons. The lowest BCUT2D eigenvalue weighted by molar-refractivity contribution is 0.00449. The predicted molar refractivity (Wildman–Crippen MR) is 90.5 cm³/mol. The summed E-state index contributed by atoms with van der Waals surface area (Å²) in [5, 5.41) is 10.2. The monoisotopic (exact) mass is 323 g/mol. The van der Waals surface area contributed by atoms with Crippen LogP contribution >= 0.6 is 0 Å². The molecule has 1 fully saturated rings. The van der Waals surface area contributed by atoms with E-state index in [2.05, 4.69) is 25.7 Å². The maximum Gasteiger partial charge on any atom is 0.123 e. The molecule has 2 rings (SSSR count). The Hall–Kier alpha value is -1.30. The van der Waals surface area contributed by atoms with E-state index < -0.39 is 6.10 Å². The van der Waals surface area contributed by atoms with Gasteiger partial charge in [-0.1, -0.05) is 20.8 Å². The Labute approximate surface area is 139 Å². The van der Waals surface area contributed by atoms with E-state index >= 15 is 0 Å². The largest absolute Gasteiger partial charge is 0.497 e. The molecule has 0 bridgehead atoms. The summed E-state index contributed by atoms with van der Waals surface area (Å²) in [6.07, 6.45) is -0.511. The number of hydrogen-bond donors (Lipinski definition) is 1. The molecule has 0 radical (unpaired) electrons. The Morgan fingerprint density at radius 1 is 1.26 bits per heavy atom. The second-order valence-corrected chi connectivity index (χ2v) is 6.99. The number of hydrogen-bond acceptors (Lipinski definition) is 5. The molecule has 1 N–H and O–H groups in total. The van der Waals surface area contributed by atoms with Gasteiger partial charge in [-0.25, -0.2) is 0 Å². The second-order valence-electron chi connectivity index (χ2n) is 6.99. The molecule has 1 aromatic carbocycles. The van der Waals surface area contributed by atoms with Crippen LogP contribution in [0, 0.1) is 0 Å². The van der Waals surface area contributed by atoms with Crippen LogP contribution in [0.2, 0.25) is 0 Å². The highest BCUT2D eigenvalue weighted by Crippen LogP contribution is 2.34. The number of benzene rings is 1. The molecule has 1 heterocycles. The molecule has 1 aliphatic heterocycles. The van der Waals surface area contributed by atoms with Gasteiger partial charge in [0.15, 0.2) is 0 Å². The summed E-state index contributed by atoms with van der Waals surface area (Å²) in [5.74, 6) is 1.62. The van der Waals surface area contributed by atoms with Crippen molar-refractivity contribution in [2.75, 3.05) is 46.6 Å². The van der Waals surface area contributed by atoms with Crippen LogP contribution in [0.25, 0.3) is 0 Å². The standard InChI is InChI=1S/C18H29NO4/c1-18(2,3)16-11-15(21-4)5-6-17(16)23-13-14(20)12-19-7-9-22-10-8-19/h5-6,11,14,20H,7-10,12-13H2,1-4H3. The Morgan fingerprint density at radius 2 is 1.96 bits per heavy atom. The maximum absolute atomic E-state index is 10.2. The van der Waals surface area contributed by atoms with Gasteiger partial charge in [-0.05, 0) is 23.6 Å². The van der Waals surface area contributed by atoms with E-state index in [4.69, 9.17) is 14.2 Å². The van der Waals surface area contributed by atoms with Gasteiger partial charge in [-0.3, -0.25) is 4.90 Å². The molecule has 1 aliphatic rings. The minimum atomic E-state index is -0.511. The van der Waals surface area contributed by atoms with Gasteiger partial charge in [0.1, 0.15) is 24.2 Å². The van der Waals surface area contributed by atoms with Gasteiger partial charge in [0.2, 0.25) is 0 Å². The van der Waals surface area contributed by atoms with Crippen molar-refractivity contribution in [1.82, 2.24) is 4.90 Å². The summed E-state index contributed by atoms with van der Waals surface area (Å²) in [5.41, 5.74) is 1.02. The van der Waals surface area contributed by atoms with Crippen molar-refractivity contribution in [2.24, 2.45) is 0 Å². The molecule has 5 heteroatoms. The average Bonchev–Trinajstić information content (AvgIpc) is 2.53. The molecule has 0 saturated carbocycles. The molecule has 1 saturated heterocycles. The zero-order valence-electron chi connectivity index (χ0n) is 14.7. The van der Waals surface area contributed by atoms with Crippen molar-refractivity contribution in [3.05, 3.63) is 23.8 Å². The van der Waals surface area contributed by atoms with E-state index in [1.54, 1.807) is 7.11 Å². The highest BCUT2D eigenvalue weighted by Gasteiger charge is 2.21. The van der Waals surface area contributed by atoms with E-state index in [1.165, 1.54) is 0 Å². The van der Waals surface area contributed by atoms with Crippen LogP contribution in [0.5, 0.6) is 11.5 Å². The van der Waals surface area contributed by atoms with Crippen molar-refractivity contribution < 1.29 is 19.3 Å². The van der Waals surface area contributed by atoms with Crippen molar-refractivity contribution in [1.29, 1.82) is 0 Å². The number of rotatable bonds is 6. The number of aliphatic hydroxyl groups is 1. The number of ether oxygens (including phenoxy) is 3. The fourth-order valence-corrected chi connectivity index (χ4v) is 2.67. The smallest absolute Gasteiger partial charge is 0.123 e. The molecule has 1 aromatic rings. The normalized spacial score (nSPS) is 17.8. The fourth-order valence-electron chi connectivity index (χ4n) is 2.67. The molecular weight excluding hydrogens is 294 g/mol. The summed E-state index contributed by atoms with van der Waals surface area (Å²) in [6, 6.07) is 5.81. The first kappa shape index (κ1) is 18.0. The number of morpholine rings is 1. The lowest BCUT2D eigenvalue weighted by Gasteiger charge is -2.29. The van der Waals surface area contributed by atoms with Gasteiger partial charge < -0.3 is 19.3 Å². The highest BCUT2D eigenvalue weighted by molar-refractivity contribution is 5.44. The van der Waals surface area contributed by atoms with Crippen LogP contribution in [-0.2, 0) is 10.2 Å². The molecular formula is C18H29NO4. The lowest BCUT2D eigenvalue weighted by Crippen LogP contribution is -2.42. The van der Waals surface area contributed by atoms with Crippen molar-refractivity contribution in [2.45, 2.75) is 32.3 Å². The van der Waals surface area contributed by atoms with Crippen LogP contribution in [0.1, 0.15) is 26.3 Å². The summed E-state index contributed by atoms with van der Waals surface area (Å²) >= 11 is 0. The molecule has 0 aliphatic carbocycles. The van der Waals surface area contributed by atoms with Gasteiger partial charge >= 0.3 is 0 Å². The first-order valence-electron chi connectivity index (χ1n) is 8.19. The maximum atomic E-state index is 10.2. The number of methoxy groups -OCH3 is 1. The quantitative estimate of drug-likeness (QED) is 0.868. The van der Waals surface area contributed by atoms with Crippen LogP contribution in [0.3, 0.4) is 0 Å². The third-order valence-electron chi connectivity index (χ3n) is 4.00. The molecule has 0 spiro atoms. The predicted octanol–water partition coefficient (Wildman–Crippen LogP) is 2.06. The van der Waals surface area contributed by atoms with Crippen molar-refractivity contribution in [3.8, 4) is 11.5 Å². The van der Waals surface area contributed by atoms with Crippen LogP contribution in [0.15, 0.2) is 18.2 Å². The van der Waals surface area contributed by atoms with Crippen molar-refractivity contribution >= 4 is 0 Å². The molecule has 5 nitrogen and oxygen atoms in total. The fraction of sp³-hybridized carbons (Fsp3) is 0.667. The van der Waals surface area contributed by atoms with Gasteiger partial charge in [-0.2, -0.15) is 0 Å². The first-order valence-corrected chi connectivity index (χ1v) is 8.19. The summed E-state index contributed by atoms with van der Waals surface area (Å²) < 4.78 is 16.5. The first-order chi connectivity index (χ1) is 10.9. The zero-order valence-corrected chi connectivity index (χ0v) is 14.7. The summed E-state index contributed by atoms with van der Waals surface area (Å²) in [7, 11) is 1.66. The second kappa shape index (κ2) is 7.99. The van der Waals surface area contributed by atoms with Crippen LogP contribution in [-0.4, -0.2) is 62.7 Å². The van der Waals surface area contributed by atoms with E-state index in [0.29, 0.717) is 6.54 Å². The van der Waals surface area contributed by atoms with Gasteiger partial charge in [-0.15, -0.1) is 0 Å². The van der Waals surface area contributed by atoms with Crippen LogP contribution in [0.4, 0.5) is 0 Å². The lowest BCUT2D eigenvalue weighted by atomic mass is 9.86. The zero-order chi connectivity index (χ0) is 16.9. The van der Waals surface area contributed by atoms with Crippen LogP contribution < -0.4 is 9.47 Å². The average molecular weight is 323 g/mol. The van der Waals surface area contributed by atoms with E-state index in [1.807, 2.05) is 18.2 Å². The van der Waals surface area contributed by atoms with Crippen molar-refractivity contribution in [3.63, 3.8) is 0 Å². The number of β-amino-alcohol motifs (C(OH)–C–C–N with tert-alkyl or cyclic N) is 1. The minimum Gasteiger partial charge on any atom is -0.497 e. The SMILES string of the molecule is COc1ccc(OCC(O)CN2CCOCC2)c(C(C)(C)C)c1. The molecule has 23 heavy (non-hydrogen) atoms. The molecule has 1 unspecified atom stereocenters. The van der Waals surface area contributed by atoms with E-state index in [9.17, 15) is 5.11 Å². The topological polar surface area (TPSA) is 51.2 Å². The van der Waals surface area contributed by atoms with E-state index in [-0.39, 0.29) is 12.0 Å². The Balaban J connectivity index is 1.96. The minimum absolute atomic E-state index is 0.0565. The van der Waals surface area contributed by atoms with Gasteiger partial charge in [0.05, 0.1) is 20.3 Å². The summed E-state index contributed by atoms with van der Waals surface area (Å²) in [6.45, 7) is 10.5. The number of nitrogens with zero attached hydrogens (tertiary/aromatic N) is 1.